The highest BCUT2D eigenvalue weighted by Gasteiger charge is 2.21. The van der Waals surface area contributed by atoms with E-state index in [2.05, 4.69) is 52.8 Å². The Morgan fingerprint density at radius 1 is 0.912 bits per heavy atom. The number of benzene rings is 2. The Bertz CT molecular complexity index is 1430. The summed E-state index contributed by atoms with van der Waals surface area (Å²) in [5.41, 5.74) is 8.99. The maximum absolute atomic E-state index is 5.55. The largest absolute Gasteiger partial charge is 0.382 e. The maximum Gasteiger partial charge on any atom is 0.166 e. The maximum atomic E-state index is 5.55. The molecule has 0 aliphatic heterocycles. The number of ether oxygens (including phenoxy) is 1. The molecule has 1 N–H and O–H groups in total. The molecule has 0 fully saturated rings. The summed E-state index contributed by atoms with van der Waals surface area (Å²) in [6.07, 6.45) is 4.55. The lowest BCUT2D eigenvalue weighted by atomic mass is 10.1. The molecule has 0 spiro atoms. The summed E-state index contributed by atoms with van der Waals surface area (Å²) in [4.78, 5) is 14.6. The summed E-state index contributed by atoms with van der Waals surface area (Å²) in [5.74, 6) is 0.951. The van der Waals surface area contributed by atoms with Crippen LogP contribution in [0.3, 0.4) is 0 Å². The van der Waals surface area contributed by atoms with Crippen molar-refractivity contribution >= 4 is 22.5 Å². The number of hydrogen-bond donors (Lipinski definition) is 1. The van der Waals surface area contributed by atoms with Gasteiger partial charge in [0.2, 0.25) is 0 Å². The summed E-state index contributed by atoms with van der Waals surface area (Å²) in [5, 5.41) is 3.66. The number of rotatable bonds is 8. The van der Waals surface area contributed by atoms with E-state index in [0.29, 0.717) is 0 Å². The third kappa shape index (κ3) is 4.13. The summed E-state index contributed by atoms with van der Waals surface area (Å²) in [7, 11) is 0. The van der Waals surface area contributed by atoms with Crippen molar-refractivity contribution in [1.29, 1.82) is 0 Å². The van der Waals surface area contributed by atoms with Gasteiger partial charge < -0.3 is 10.1 Å². The molecule has 0 amide bonds. The monoisotopic (exact) mass is 451 g/mol. The molecule has 34 heavy (non-hydrogen) atoms. The van der Waals surface area contributed by atoms with Gasteiger partial charge in [0.05, 0.1) is 11.0 Å². The Kier molecular flexibility index (Phi) is 6.23. The molecule has 0 aliphatic rings. The number of nitrogens with zero attached hydrogens (tertiary/aromatic N) is 4. The summed E-state index contributed by atoms with van der Waals surface area (Å²) < 4.78 is 7.77. The zero-order valence-electron chi connectivity index (χ0n) is 19.9. The van der Waals surface area contributed by atoms with Gasteiger partial charge in [-0.25, -0.2) is 9.97 Å². The number of fused-ring (bicyclic) bond motifs is 3. The Balaban J connectivity index is 1.79. The zero-order valence-corrected chi connectivity index (χ0v) is 19.9. The third-order valence-corrected chi connectivity index (χ3v) is 6.10. The van der Waals surface area contributed by atoms with Crippen molar-refractivity contribution in [2.45, 2.75) is 27.2 Å². The Morgan fingerprint density at radius 2 is 1.71 bits per heavy atom. The highest BCUT2D eigenvalue weighted by Crippen LogP contribution is 2.35. The van der Waals surface area contributed by atoms with Crippen molar-refractivity contribution < 1.29 is 4.74 Å². The average Bonchev–Trinajstić information content (AvgIpc) is 3.25. The minimum Gasteiger partial charge on any atom is -0.382 e. The van der Waals surface area contributed by atoms with Crippen molar-refractivity contribution in [2.24, 2.45) is 0 Å². The van der Waals surface area contributed by atoms with E-state index >= 15 is 0 Å². The predicted octanol–water partition coefficient (Wildman–Crippen LogP) is 6.07. The van der Waals surface area contributed by atoms with Gasteiger partial charge in [0, 0.05) is 43.3 Å². The Labute approximate surface area is 199 Å². The second-order valence-corrected chi connectivity index (χ2v) is 8.44. The molecule has 0 saturated carbocycles. The van der Waals surface area contributed by atoms with Gasteiger partial charge in [-0.15, -0.1) is 0 Å². The fourth-order valence-electron chi connectivity index (χ4n) is 4.22. The zero-order chi connectivity index (χ0) is 23.5. The van der Waals surface area contributed by atoms with Crippen molar-refractivity contribution in [3.8, 4) is 22.5 Å². The van der Waals surface area contributed by atoms with Gasteiger partial charge in [-0.3, -0.25) is 9.38 Å². The van der Waals surface area contributed by atoms with Gasteiger partial charge in [-0.2, -0.15) is 0 Å². The van der Waals surface area contributed by atoms with E-state index in [-0.39, 0.29) is 0 Å². The highest BCUT2D eigenvalue weighted by molar-refractivity contribution is 5.92. The molecule has 2 aromatic carbocycles. The van der Waals surface area contributed by atoms with Gasteiger partial charge in [0.15, 0.2) is 5.65 Å². The summed E-state index contributed by atoms with van der Waals surface area (Å²) in [6, 6.07) is 18.6. The van der Waals surface area contributed by atoms with E-state index in [0.717, 1.165) is 71.2 Å². The quantitative estimate of drug-likeness (QED) is 0.290. The topological polar surface area (TPSA) is 64.3 Å². The lowest BCUT2D eigenvalue weighted by Crippen LogP contribution is -2.09. The molecule has 0 radical (unpaired) electrons. The Morgan fingerprint density at radius 3 is 2.47 bits per heavy atom. The lowest BCUT2D eigenvalue weighted by molar-refractivity contribution is 0.147. The van der Waals surface area contributed by atoms with Crippen molar-refractivity contribution in [2.75, 3.05) is 25.1 Å². The standard InChI is InChI=1S/C28H29N5O/c1-4-34-15-9-14-30-27-26(22-12-8-13-29-18-22)32-28-25(21-10-6-5-7-11-21)31-23-16-19(2)20(3)17-24(23)33(27)28/h5-8,10-13,16-18,30H,4,9,14-15H2,1-3H3. The van der Waals surface area contributed by atoms with Crippen LogP contribution >= 0.6 is 0 Å². The van der Waals surface area contributed by atoms with Crippen LogP contribution in [0.4, 0.5) is 5.82 Å². The fraction of sp³-hybridized carbons (Fsp3) is 0.250. The van der Waals surface area contributed by atoms with Crippen LogP contribution in [0.5, 0.6) is 0 Å². The predicted molar refractivity (Wildman–Crippen MR) is 138 cm³/mol. The number of hydrogen-bond acceptors (Lipinski definition) is 5. The van der Waals surface area contributed by atoms with Crippen LogP contribution in [0, 0.1) is 13.8 Å². The van der Waals surface area contributed by atoms with Crippen LogP contribution in [-0.4, -0.2) is 39.1 Å². The molecule has 6 heteroatoms. The van der Waals surface area contributed by atoms with Gasteiger partial charge in [0.1, 0.15) is 17.2 Å². The average molecular weight is 452 g/mol. The molecule has 0 bridgehead atoms. The molecule has 3 aromatic heterocycles. The van der Waals surface area contributed by atoms with E-state index in [1.54, 1.807) is 6.20 Å². The van der Waals surface area contributed by atoms with E-state index in [1.807, 2.05) is 43.5 Å². The van der Waals surface area contributed by atoms with Crippen molar-refractivity contribution in [3.05, 3.63) is 78.1 Å². The smallest absolute Gasteiger partial charge is 0.166 e. The number of pyridine rings is 1. The molecule has 0 aliphatic carbocycles. The number of anilines is 1. The van der Waals surface area contributed by atoms with Gasteiger partial charge in [-0.1, -0.05) is 30.3 Å². The van der Waals surface area contributed by atoms with Gasteiger partial charge in [0.25, 0.3) is 0 Å². The van der Waals surface area contributed by atoms with Crippen LogP contribution in [0.15, 0.2) is 67.0 Å². The number of imidazole rings is 1. The molecular formula is C28H29N5O. The molecule has 5 rings (SSSR count). The third-order valence-electron chi connectivity index (χ3n) is 6.10. The minimum atomic E-state index is 0.721. The summed E-state index contributed by atoms with van der Waals surface area (Å²) in [6.45, 7) is 8.51. The first-order valence-corrected chi connectivity index (χ1v) is 11.8. The second-order valence-electron chi connectivity index (χ2n) is 8.44. The number of aromatic nitrogens is 4. The first-order valence-electron chi connectivity index (χ1n) is 11.8. The normalized spacial score (nSPS) is 11.4. The van der Waals surface area contributed by atoms with E-state index in [1.165, 1.54) is 11.1 Å². The van der Waals surface area contributed by atoms with E-state index in [9.17, 15) is 0 Å². The van der Waals surface area contributed by atoms with Crippen molar-refractivity contribution in [1.82, 2.24) is 19.4 Å². The van der Waals surface area contributed by atoms with Crippen LogP contribution in [-0.2, 0) is 4.74 Å². The highest BCUT2D eigenvalue weighted by atomic mass is 16.5. The van der Waals surface area contributed by atoms with Crippen LogP contribution in [0.2, 0.25) is 0 Å². The Hall–Kier alpha value is -3.77. The van der Waals surface area contributed by atoms with Crippen LogP contribution in [0.1, 0.15) is 24.5 Å². The molecule has 0 saturated heterocycles. The van der Waals surface area contributed by atoms with Crippen LogP contribution < -0.4 is 5.32 Å². The SMILES string of the molecule is CCOCCCNc1c(-c2cccnc2)nc2c(-c3ccccc3)nc3cc(C)c(C)cc3n12. The van der Waals surface area contributed by atoms with Gasteiger partial charge >= 0.3 is 0 Å². The molecule has 3 heterocycles. The van der Waals surface area contributed by atoms with E-state index in [4.69, 9.17) is 14.7 Å². The van der Waals surface area contributed by atoms with Crippen molar-refractivity contribution in [3.63, 3.8) is 0 Å². The van der Waals surface area contributed by atoms with Crippen LogP contribution in [0.25, 0.3) is 39.2 Å². The molecule has 6 nitrogen and oxygen atoms in total. The molecule has 0 unspecified atom stereocenters. The number of aryl methyl sites for hydroxylation is 2. The number of nitrogens with one attached hydrogen (secondary N) is 1. The molecule has 172 valence electrons. The first-order chi connectivity index (χ1) is 16.7. The molecular weight excluding hydrogens is 422 g/mol. The summed E-state index contributed by atoms with van der Waals surface area (Å²) >= 11 is 0. The first kappa shape index (κ1) is 22.0. The fourth-order valence-corrected chi connectivity index (χ4v) is 4.22. The lowest BCUT2D eigenvalue weighted by Gasteiger charge is -2.13. The minimum absolute atomic E-state index is 0.721. The van der Waals surface area contributed by atoms with E-state index < -0.39 is 0 Å². The molecule has 5 aromatic rings. The van der Waals surface area contributed by atoms with Gasteiger partial charge in [-0.05, 0) is 62.6 Å². The molecule has 0 atom stereocenters. The second kappa shape index (κ2) is 9.61.